The van der Waals surface area contributed by atoms with Crippen molar-refractivity contribution in [1.29, 1.82) is 0 Å². The van der Waals surface area contributed by atoms with Gasteiger partial charge in [0.05, 0.1) is 12.1 Å². The van der Waals surface area contributed by atoms with Crippen molar-refractivity contribution in [3.05, 3.63) is 28.6 Å². The lowest BCUT2D eigenvalue weighted by molar-refractivity contribution is -0.121. The summed E-state index contributed by atoms with van der Waals surface area (Å²) >= 11 is 0. The summed E-state index contributed by atoms with van der Waals surface area (Å²) in [7, 11) is 0. The van der Waals surface area contributed by atoms with E-state index in [-0.39, 0.29) is 23.9 Å². The van der Waals surface area contributed by atoms with Crippen LogP contribution in [0.5, 0.6) is 11.5 Å². The van der Waals surface area contributed by atoms with Crippen LogP contribution in [0.25, 0.3) is 10.9 Å². The van der Waals surface area contributed by atoms with E-state index >= 15 is 0 Å². The Morgan fingerprint density at radius 1 is 1.10 bits per heavy atom. The van der Waals surface area contributed by atoms with Crippen molar-refractivity contribution < 1.29 is 19.1 Å². The van der Waals surface area contributed by atoms with Crippen LogP contribution < -0.4 is 20.3 Å². The highest BCUT2D eigenvalue weighted by Gasteiger charge is 2.20. The molecule has 1 aromatic carbocycles. The standard InChI is InChI=1S/C22H30N2O5/c1-4-6-8-9-12-24-19-14-17(23-16(3)26)10-11-18(19)20(28-13-7-5-2)21(22(24)27)29-15-25/h10-11,14-15H,4-9,12-13H2,1-3H3,(H,23,26). The molecule has 7 heteroatoms. The van der Waals surface area contributed by atoms with Crippen molar-refractivity contribution >= 4 is 29.0 Å². The second-order valence-electron chi connectivity index (χ2n) is 7.00. The molecule has 1 heterocycles. The fourth-order valence-corrected chi connectivity index (χ4v) is 3.21. The van der Waals surface area contributed by atoms with Crippen LogP contribution in [-0.2, 0) is 16.1 Å². The topological polar surface area (TPSA) is 86.6 Å². The van der Waals surface area contributed by atoms with Crippen LogP contribution in [0.2, 0.25) is 0 Å². The maximum Gasteiger partial charge on any atom is 0.298 e. The minimum absolute atomic E-state index is 0.0913. The number of hydrogen-bond acceptors (Lipinski definition) is 5. The maximum atomic E-state index is 13.1. The zero-order chi connectivity index (χ0) is 21.2. The van der Waals surface area contributed by atoms with Gasteiger partial charge in [-0.05, 0) is 31.0 Å². The Labute approximate surface area is 171 Å². The zero-order valence-corrected chi connectivity index (χ0v) is 17.5. The highest BCUT2D eigenvalue weighted by molar-refractivity contribution is 5.95. The zero-order valence-electron chi connectivity index (χ0n) is 17.5. The van der Waals surface area contributed by atoms with Gasteiger partial charge in [-0.1, -0.05) is 39.5 Å². The molecule has 1 N–H and O–H groups in total. The highest BCUT2D eigenvalue weighted by atomic mass is 16.5. The molecule has 1 amide bonds. The average Bonchev–Trinajstić information content (AvgIpc) is 2.69. The fourth-order valence-electron chi connectivity index (χ4n) is 3.21. The van der Waals surface area contributed by atoms with E-state index in [1.165, 1.54) is 6.92 Å². The molecule has 0 radical (unpaired) electrons. The number of pyridine rings is 1. The number of aryl methyl sites for hydroxylation is 1. The summed E-state index contributed by atoms with van der Waals surface area (Å²) in [5, 5.41) is 3.42. The molecule has 0 aliphatic rings. The van der Waals surface area contributed by atoms with Gasteiger partial charge in [0.1, 0.15) is 0 Å². The second-order valence-corrected chi connectivity index (χ2v) is 7.00. The molecule has 0 unspecified atom stereocenters. The van der Waals surface area contributed by atoms with Crippen LogP contribution in [0.4, 0.5) is 5.69 Å². The number of carbonyl (C=O) groups is 2. The van der Waals surface area contributed by atoms with E-state index in [1.807, 2.05) is 6.92 Å². The van der Waals surface area contributed by atoms with Crippen molar-refractivity contribution in [1.82, 2.24) is 4.57 Å². The Morgan fingerprint density at radius 3 is 2.52 bits per heavy atom. The molecule has 7 nitrogen and oxygen atoms in total. The predicted molar refractivity (Wildman–Crippen MR) is 114 cm³/mol. The minimum atomic E-state index is -0.410. The Morgan fingerprint density at radius 2 is 1.86 bits per heavy atom. The summed E-state index contributed by atoms with van der Waals surface area (Å²) < 4.78 is 12.5. The molecule has 0 atom stereocenters. The molecule has 0 fully saturated rings. The quantitative estimate of drug-likeness (QED) is 0.423. The van der Waals surface area contributed by atoms with Gasteiger partial charge in [-0.25, -0.2) is 0 Å². The van der Waals surface area contributed by atoms with Gasteiger partial charge < -0.3 is 19.4 Å². The first kappa shape index (κ1) is 22.5. The summed E-state index contributed by atoms with van der Waals surface area (Å²) in [6.07, 6.45) is 5.74. The molecule has 29 heavy (non-hydrogen) atoms. The first-order valence-electron chi connectivity index (χ1n) is 10.2. The maximum absolute atomic E-state index is 13.1. The third-order valence-corrected chi connectivity index (χ3v) is 4.64. The van der Waals surface area contributed by atoms with E-state index < -0.39 is 5.56 Å². The number of fused-ring (bicyclic) bond motifs is 1. The van der Waals surface area contributed by atoms with Gasteiger partial charge in [-0.15, -0.1) is 0 Å². The Bertz CT molecular complexity index is 904. The van der Waals surface area contributed by atoms with E-state index in [0.29, 0.717) is 29.7 Å². The van der Waals surface area contributed by atoms with E-state index in [2.05, 4.69) is 12.2 Å². The van der Waals surface area contributed by atoms with Gasteiger partial charge in [0.15, 0.2) is 5.75 Å². The smallest absolute Gasteiger partial charge is 0.298 e. The Hall–Kier alpha value is -2.83. The lowest BCUT2D eigenvalue weighted by atomic mass is 10.1. The number of anilines is 1. The van der Waals surface area contributed by atoms with E-state index in [9.17, 15) is 14.4 Å². The summed E-state index contributed by atoms with van der Waals surface area (Å²) in [4.78, 5) is 35.7. The first-order chi connectivity index (χ1) is 14.0. The Kier molecular flexibility index (Phi) is 8.70. The van der Waals surface area contributed by atoms with Crippen LogP contribution in [0.1, 0.15) is 59.3 Å². The number of ether oxygens (including phenoxy) is 2. The van der Waals surface area contributed by atoms with E-state index in [1.54, 1.807) is 22.8 Å². The number of amides is 1. The molecule has 0 saturated heterocycles. The molecule has 0 aliphatic carbocycles. The van der Waals surface area contributed by atoms with E-state index in [0.717, 1.165) is 38.5 Å². The van der Waals surface area contributed by atoms with Crippen LogP contribution in [0, 0.1) is 0 Å². The molecule has 2 rings (SSSR count). The monoisotopic (exact) mass is 402 g/mol. The van der Waals surface area contributed by atoms with Crippen LogP contribution >= 0.6 is 0 Å². The van der Waals surface area contributed by atoms with Crippen LogP contribution in [0.15, 0.2) is 23.0 Å². The van der Waals surface area contributed by atoms with Gasteiger partial charge in [0, 0.05) is 24.5 Å². The number of aromatic nitrogens is 1. The SMILES string of the molecule is CCCCCCn1c(=O)c(OC=O)c(OCCCC)c2ccc(NC(C)=O)cc21. The molecule has 0 aliphatic heterocycles. The number of carbonyl (C=O) groups excluding carboxylic acids is 2. The predicted octanol–water partition coefficient (Wildman–Crippen LogP) is 4.25. The van der Waals surface area contributed by atoms with Crippen LogP contribution in [0.3, 0.4) is 0 Å². The summed E-state index contributed by atoms with van der Waals surface area (Å²) in [5.74, 6) is -0.0161. The average molecular weight is 402 g/mol. The molecule has 2 aromatic rings. The van der Waals surface area contributed by atoms with Crippen LogP contribution in [-0.4, -0.2) is 23.6 Å². The number of nitrogens with one attached hydrogen (secondary N) is 1. The third-order valence-electron chi connectivity index (χ3n) is 4.64. The van der Waals surface area contributed by atoms with Crippen molar-refractivity contribution in [3.8, 4) is 11.5 Å². The second kappa shape index (κ2) is 11.2. The lowest BCUT2D eigenvalue weighted by Gasteiger charge is -2.18. The number of unbranched alkanes of at least 4 members (excludes halogenated alkanes) is 4. The van der Waals surface area contributed by atoms with Crippen molar-refractivity contribution in [3.63, 3.8) is 0 Å². The largest absolute Gasteiger partial charge is 0.489 e. The normalized spacial score (nSPS) is 10.7. The van der Waals surface area contributed by atoms with Gasteiger partial charge >= 0.3 is 0 Å². The van der Waals surface area contributed by atoms with Crippen molar-refractivity contribution in [2.24, 2.45) is 0 Å². The third kappa shape index (κ3) is 5.82. The number of benzene rings is 1. The highest BCUT2D eigenvalue weighted by Crippen LogP contribution is 2.34. The number of hydrogen-bond donors (Lipinski definition) is 1. The first-order valence-corrected chi connectivity index (χ1v) is 10.2. The van der Waals surface area contributed by atoms with Gasteiger partial charge in [0.25, 0.3) is 12.0 Å². The summed E-state index contributed by atoms with van der Waals surface area (Å²) in [6.45, 7) is 6.75. The van der Waals surface area contributed by atoms with Crippen molar-refractivity contribution in [2.45, 2.75) is 65.8 Å². The number of nitrogens with zero attached hydrogens (tertiary/aromatic N) is 1. The molecular weight excluding hydrogens is 372 g/mol. The number of rotatable bonds is 12. The van der Waals surface area contributed by atoms with E-state index in [4.69, 9.17) is 9.47 Å². The molecule has 0 spiro atoms. The molecule has 0 saturated carbocycles. The molecule has 158 valence electrons. The summed E-state index contributed by atoms with van der Waals surface area (Å²) in [5.41, 5.74) is 0.824. The fraction of sp³-hybridized carbons (Fsp3) is 0.500. The summed E-state index contributed by atoms with van der Waals surface area (Å²) in [6, 6.07) is 5.28. The van der Waals surface area contributed by atoms with Gasteiger partial charge in [-0.2, -0.15) is 0 Å². The molecular formula is C22H30N2O5. The lowest BCUT2D eigenvalue weighted by Crippen LogP contribution is -2.24. The van der Waals surface area contributed by atoms with Gasteiger partial charge in [0.2, 0.25) is 11.7 Å². The molecule has 1 aromatic heterocycles. The van der Waals surface area contributed by atoms with Gasteiger partial charge in [-0.3, -0.25) is 14.4 Å². The Balaban J connectivity index is 2.62. The minimum Gasteiger partial charge on any atom is -0.489 e. The van der Waals surface area contributed by atoms with Crippen molar-refractivity contribution in [2.75, 3.05) is 11.9 Å². The molecule has 0 bridgehead atoms.